The summed E-state index contributed by atoms with van der Waals surface area (Å²) in [4.78, 5) is 5.45. The van der Waals surface area contributed by atoms with Gasteiger partial charge in [0.15, 0.2) is 5.13 Å². The molecule has 0 amide bonds. The highest BCUT2D eigenvalue weighted by molar-refractivity contribution is 7.93. The van der Waals surface area contributed by atoms with Gasteiger partial charge in [-0.1, -0.05) is 17.4 Å². The molecule has 1 aromatic heterocycles. The molecule has 2 aromatic rings. The minimum atomic E-state index is -3.72. The first-order chi connectivity index (χ1) is 10.1. The van der Waals surface area contributed by atoms with Gasteiger partial charge in [0.05, 0.1) is 22.2 Å². The van der Waals surface area contributed by atoms with Crippen molar-refractivity contribution in [1.29, 1.82) is 5.26 Å². The first-order valence-electron chi connectivity index (χ1n) is 6.31. The molecule has 2 N–H and O–H groups in total. The van der Waals surface area contributed by atoms with Crippen LogP contribution >= 0.6 is 11.3 Å². The molecule has 0 unspecified atom stereocenters. The van der Waals surface area contributed by atoms with E-state index in [0.29, 0.717) is 10.7 Å². The zero-order chi connectivity index (χ0) is 14.9. The molecule has 21 heavy (non-hydrogen) atoms. The first kappa shape index (κ1) is 14.0. The second kappa shape index (κ2) is 5.44. The molecular weight excluding hydrogens is 308 g/mol. The van der Waals surface area contributed by atoms with Gasteiger partial charge in [0.1, 0.15) is 0 Å². The SMILES string of the molecule is N#Cc1cccc(S(=O)(=O)Nc2nc3c(s2)CNCC3)c1. The molecule has 3 rings (SSSR count). The van der Waals surface area contributed by atoms with E-state index in [0.717, 1.165) is 30.1 Å². The van der Waals surface area contributed by atoms with Gasteiger partial charge < -0.3 is 5.32 Å². The van der Waals surface area contributed by atoms with Gasteiger partial charge in [0.2, 0.25) is 0 Å². The third-order valence-electron chi connectivity index (χ3n) is 3.10. The summed E-state index contributed by atoms with van der Waals surface area (Å²) in [5, 5.41) is 12.4. The summed E-state index contributed by atoms with van der Waals surface area (Å²) in [5.41, 5.74) is 1.25. The van der Waals surface area contributed by atoms with Crippen LogP contribution < -0.4 is 10.0 Å². The first-order valence-corrected chi connectivity index (χ1v) is 8.61. The Morgan fingerprint density at radius 1 is 1.43 bits per heavy atom. The van der Waals surface area contributed by atoms with Crippen molar-refractivity contribution in [3.8, 4) is 6.07 Å². The van der Waals surface area contributed by atoms with Gasteiger partial charge in [-0.3, -0.25) is 4.72 Å². The fraction of sp³-hybridized carbons (Fsp3) is 0.231. The van der Waals surface area contributed by atoms with E-state index in [9.17, 15) is 8.42 Å². The van der Waals surface area contributed by atoms with Crippen molar-refractivity contribution in [2.45, 2.75) is 17.9 Å². The number of hydrogen-bond acceptors (Lipinski definition) is 6. The van der Waals surface area contributed by atoms with Crippen molar-refractivity contribution in [3.05, 3.63) is 40.4 Å². The van der Waals surface area contributed by atoms with Crippen LogP contribution in [0.25, 0.3) is 0 Å². The molecule has 6 nitrogen and oxygen atoms in total. The standard InChI is InChI=1S/C13H12N4O2S2/c14-7-9-2-1-3-10(6-9)21(18,19)17-13-16-11-4-5-15-8-12(11)20-13/h1-3,6,15H,4-5,8H2,(H,16,17). The number of thiazole rings is 1. The number of nitriles is 1. The Morgan fingerprint density at radius 2 is 2.29 bits per heavy atom. The molecule has 0 atom stereocenters. The van der Waals surface area contributed by atoms with Gasteiger partial charge in [-0.2, -0.15) is 5.26 Å². The maximum atomic E-state index is 12.3. The molecule has 1 aromatic carbocycles. The second-order valence-electron chi connectivity index (χ2n) is 4.56. The Hall–Kier alpha value is -1.95. The summed E-state index contributed by atoms with van der Waals surface area (Å²) in [6.45, 7) is 1.58. The van der Waals surface area contributed by atoms with E-state index in [1.54, 1.807) is 12.1 Å². The van der Waals surface area contributed by atoms with Crippen LogP contribution in [0.4, 0.5) is 5.13 Å². The summed E-state index contributed by atoms with van der Waals surface area (Å²) in [5.74, 6) is 0. The molecule has 0 radical (unpaired) electrons. The monoisotopic (exact) mass is 320 g/mol. The van der Waals surface area contributed by atoms with Crippen molar-refractivity contribution < 1.29 is 8.42 Å². The van der Waals surface area contributed by atoms with E-state index in [4.69, 9.17) is 5.26 Å². The molecule has 0 spiro atoms. The number of fused-ring (bicyclic) bond motifs is 1. The van der Waals surface area contributed by atoms with Crippen LogP contribution in [0, 0.1) is 11.3 Å². The fourth-order valence-electron chi connectivity index (χ4n) is 2.08. The smallest absolute Gasteiger partial charge is 0.263 e. The van der Waals surface area contributed by atoms with Crippen molar-refractivity contribution in [1.82, 2.24) is 10.3 Å². The summed E-state index contributed by atoms with van der Waals surface area (Å²) >= 11 is 1.34. The molecule has 1 aliphatic rings. The van der Waals surface area contributed by atoms with Crippen LogP contribution in [-0.2, 0) is 23.0 Å². The fourth-order valence-corrected chi connectivity index (χ4v) is 4.33. The van der Waals surface area contributed by atoms with Crippen molar-refractivity contribution in [2.75, 3.05) is 11.3 Å². The minimum absolute atomic E-state index is 0.0628. The van der Waals surface area contributed by atoms with Crippen LogP contribution in [0.5, 0.6) is 0 Å². The van der Waals surface area contributed by atoms with E-state index in [2.05, 4.69) is 15.0 Å². The van der Waals surface area contributed by atoms with Crippen LogP contribution in [-0.4, -0.2) is 19.9 Å². The zero-order valence-corrected chi connectivity index (χ0v) is 12.6. The maximum absolute atomic E-state index is 12.3. The van der Waals surface area contributed by atoms with Crippen LogP contribution in [0.15, 0.2) is 29.2 Å². The Bertz CT molecular complexity index is 797. The summed E-state index contributed by atoms with van der Waals surface area (Å²) in [7, 11) is -3.72. The molecule has 0 fully saturated rings. The number of nitrogens with one attached hydrogen (secondary N) is 2. The summed E-state index contributed by atoms with van der Waals surface area (Å²) in [6.07, 6.45) is 0.803. The molecule has 8 heteroatoms. The molecular formula is C13H12N4O2S2. The lowest BCUT2D eigenvalue weighted by atomic mass is 10.2. The van der Waals surface area contributed by atoms with Crippen LogP contribution in [0.3, 0.4) is 0 Å². The van der Waals surface area contributed by atoms with Gasteiger partial charge in [0.25, 0.3) is 10.0 Å². The van der Waals surface area contributed by atoms with Crippen molar-refractivity contribution in [2.24, 2.45) is 0 Å². The average Bonchev–Trinajstić information content (AvgIpc) is 2.88. The Balaban J connectivity index is 1.89. The second-order valence-corrected chi connectivity index (χ2v) is 7.33. The molecule has 108 valence electrons. The quantitative estimate of drug-likeness (QED) is 0.893. The summed E-state index contributed by atoms with van der Waals surface area (Å²) < 4.78 is 27.1. The Morgan fingerprint density at radius 3 is 3.05 bits per heavy atom. The lowest BCUT2D eigenvalue weighted by Crippen LogP contribution is -2.22. The van der Waals surface area contributed by atoms with E-state index in [1.807, 2.05) is 6.07 Å². The average molecular weight is 320 g/mol. The van der Waals surface area contributed by atoms with E-state index in [-0.39, 0.29) is 4.90 Å². The Labute approximate surface area is 126 Å². The molecule has 0 bridgehead atoms. The van der Waals surface area contributed by atoms with E-state index in [1.165, 1.54) is 23.5 Å². The molecule has 0 saturated carbocycles. The predicted molar refractivity (Wildman–Crippen MR) is 79.5 cm³/mol. The van der Waals surface area contributed by atoms with Crippen molar-refractivity contribution in [3.63, 3.8) is 0 Å². The van der Waals surface area contributed by atoms with Gasteiger partial charge in [-0.25, -0.2) is 13.4 Å². The van der Waals surface area contributed by atoms with Gasteiger partial charge in [0, 0.05) is 24.4 Å². The van der Waals surface area contributed by atoms with Crippen molar-refractivity contribution >= 4 is 26.5 Å². The van der Waals surface area contributed by atoms with Gasteiger partial charge in [-0.05, 0) is 18.2 Å². The number of sulfonamides is 1. The van der Waals surface area contributed by atoms with Crippen LogP contribution in [0.1, 0.15) is 16.1 Å². The number of rotatable bonds is 3. The lowest BCUT2D eigenvalue weighted by Gasteiger charge is -2.09. The number of aromatic nitrogens is 1. The largest absolute Gasteiger partial charge is 0.311 e. The Kier molecular flexibility index (Phi) is 3.63. The third-order valence-corrected chi connectivity index (χ3v) is 5.58. The number of anilines is 1. The predicted octanol–water partition coefficient (Wildman–Crippen LogP) is 1.46. The highest BCUT2D eigenvalue weighted by Crippen LogP contribution is 2.27. The maximum Gasteiger partial charge on any atom is 0.263 e. The lowest BCUT2D eigenvalue weighted by molar-refractivity contribution is 0.601. The highest BCUT2D eigenvalue weighted by atomic mass is 32.2. The highest BCUT2D eigenvalue weighted by Gasteiger charge is 2.20. The molecule has 1 aliphatic heterocycles. The normalized spacial score (nSPS) is 14.2. The number of hydrogen-bond donors (Lipinski definition) is 2. The number of nitrogens with zero attached hydrogens (tertiary/aromatic N) is 2. The summed E-state index contributed by atoms with van der Waals surface area (Å²) in [6, 6.07) is 7.84. The topological polar surface area (TPSA) is 94.9 Å². The van der Waals surface area contributed by atoms with Gasteiger partial charge in [-0.15, -0.1) is 0 Å². The number of benzene rings is 1. The molecule has 2 heterocycles. The zero-order valence-electron chi connectivity index (χ0n) is 11.0. The van der Waals surface area contributed by atoms with Crippen LogP contribution in [0.2, 0.25) is 0 Å². The minimum Gasteiger partial charge on any atom is -0.311 e. The molecule has 0 aliphatic carbocycles. The third kappa shape index (κ3) is 2.90. The van der Waals surface area contributed by atoms with Gasteiger partial charge >= 0.3 is 0 Å². The molecule has 0 saturated heterocycles. The van der Waals surface area contributed by atoms with E-state index < -0.39 is 10.0 Å². The van der Waals surface area contributed by atoms with E-state index >= 15 is 0 Å².